The van der Waals surface area contributed by atoms with Crippen molar-refractivity contribution in [2.24, 2.45) is 5.92 Å². The molecular formula is C16H24N2O2. The first kappa shape index (κ1) is 15.0. The van der Waals surface area contributed by atoms with Gasteiger partial charge in [-0.05, 0) is 43.6 Å². The Hall–Kier alpha value is -1.39. The van der Waals surface area contributed by atoms with Gasteiger partial charge in [-0.2, -0.15) is 0 Å². The first-order valence-electron chi connectivity index (χ1n) is 7.22. The molecule has 4 heteroatoms. The fourth-order valence-corrected chi connectivity index (χ4v) is 2.73. The van der Waals surface area contributed by atoms with Gasteiger partial charge in [-0.25, -0.2) is 0 Å². The van der Waals surface area contributed by atoms with Gasteiger partial charge in [-0.15, -0.1) is 0 Å². The van der Waals surface area contributed by atoms with Crippen molar-refractivity contribution in [1.82, 2.24) is 10.2 Å². The summed E-state index contributed by atoms with van der Waals surface area (Å²) in [5, 5.41) is 3.52. The SMILES string of the molecule is COC(=O)Cc1ccccc1CNCC1CCN(C)C1. The molecule has 4 nitrogen and oxygen atoms in total. The fraction of sp³-hybridized carbons (Fsp3) is 0.562. The zero-order valence-electron chi connectivity index (χ0n) is 12.4. The standard InChI is InChI=1S/C16H24N2O2/c1-18-8-7-13(12-18)10-17-11-15-6-4-3-5-14(15)9-16(19)20-2/h3-6,13,17H,7-12H2,1-2H3. The maximum atomic E-state index is 11.4. The lowest BCUT2D eigenvalue weighted by Gasteiger charge is -2.13. The predicted molar refractivity (Wildman–Crippen MR) is 79.5 cm³/mol. The topological polar surface area (TPSA) is 41.6 Å². The highest BCUT2D eigenvalue weighted by Gasteiger charge is 2.18. The van der Waals surface area contributed by atoms with Crippen LogP contribution in [0.1, 0.15) is 17.5 Å². The van der Waals surface area contributed by atoms with E-state index in [-0.39, 0.29) is 5.97 Å². The van der Waals surface area contributed by atoms with Crippen molar-refractivity contribution in [3.63, 3.8) is 0 Å². The number of nitrogens with one attached hydrogen (secondary N) is 1. The molecule has 1 fully saturated rings. The monoisotopic (exact) mass is 276 g/mol. The van der Waals surface area contributed by atoms with Crippen LogP contribution < -0.4 is 5.32 Å². The van der Waals surface area contributed by atoms with Gasteiger partial charge in [0.05, 0.1) is 13.5 Å². The molecule has 1 aliphatic rings. The Morgan fingerprint density at radius 2 is 2.15 bits per heavy atom. The highest BCUT2D eigenvalue weighted by Crippen LogP contribution is 2.14. The van der Waals surface area contributed by atoms with Gasteiger partial charge in [0.15, 0.2) is 0 Å². The summed E-state index contributed by atoms with van der Waals surface area (Å²) in [6.45, 7) is 4.23. The highest BCUT2D eigenvalue weighted by molar-refractivity contribution is 5.72. The molecule has 1 aliphatic heterocycles. The first-order valence-corrected chi connectivity index (χ1v) is 7.22. The minimum absolute atomic E-state index is 0.185. The van der Waals surface area contributed by atoms with Crippen LogP contribution in [-0.4, -0.2) is 44.7 Å². The largest absolute Gasteiger partial charge is 0.469 e. The lowest BCUT2D eigenvalue weighted by atomic mass is 10.0. The molecule has 1 saturated heterocycles. The summed E-state index contributed by atoms with van der Waals surface area (Å²) >= 11 is 0. The molecule has 0 bridgehead atoms. The molecule has 1 atom stereocenters. The Bertz CT molecular complexity index is 448. The van der Waals surface area contributed by atoms with Crippen LogP contribution in [0, 0.1) is 5.92 Å². The fourth-order valence-electron chi connectivity index (χ4n) is 2.73. The summed E-state index contributed by atoms with van der Waals surface area (Å²) in [6, 6.07) is 8.05. The Kier molecular flexibility index (Phi) is 5.56. The Morgan fingerprint density at radius 3 is 2.80 bits per heavy atom. The number of ether oxygens (including phenoxy) is 1. The number of hydrogen-bond acceptors (Lipinski definition) is 4. The van der Waals surface area contributed by atoms with E-state index in [0.29, 0.717) is 6.42 Å². The van der Waals surface area contributed by atoms with Crippen LogP contribution in [0.2, 0.25) is 0 Å². The summed E-state index contributed by atoms with van der Waals surface area (Å²) in [6.07, 6.45) is 1.62. The number of nitrogens with zero attached hydrogens (tertiary/aromatic N) is 1. The maximum Gasteiger partial charge on any atom is 0.309 e. The van der Waals surface area contributed by atoms with E-state index in [4.69, 9.17) is 4.74 Å². The quantitative estimate of drug-likeness (QED) is 0.798. The molecule has 20 heavy (non-hydrogen) atoms. The van der Waals surface area contributed by atoms with Crippen LogP contribution in [0.4, 0.5) is 0 Å². The van der Waals surface area contributed by atoms with Gasteiger partial charge in [-0.1, -0.05) is 24.3 Å². The molecule has 0 spiro atoms. The third-order valence-corrected chi connectivity index (χ3v) is 3.92. The van der Waals surface area contributed by atoms with Crippen molar-refractivity contribution in [2.75, 3.05) is 33.8 Å². The molecule has 1 aromatic carbocycles. The van der Waals surface area contributed by atoms with Gasteiger partial charge in [0.25, 0.3) is 0 Å². The van der Waals surface area contributed by atoms with Crippen LogP contribution in [-0.2, 0) is 22.5 Å². The average molecular weight is 276 g/mol. The van der Waals surface area contributed by atoms with E-state index in [2.05, 4.69) is 23.3 Å². The van der Waals surface area contributed by atoms with Gasteiger partial charge in [0, 0.05) is 13.1 Å². The smallest absolute Gasteiger partial charge is 0.309 e. The van der Waals surface area contributed by atoms with Crippen molar-refractivity contribution >= 4 is 5.97 Å². The van der Waals surface area contributed by atoms with Gasteiger partial charge in [-0.3, -0.25) is 4.79 Å². The summed E-state index contributed by atoms with van der Waals surface area (Å²) < 4.78 is 4.74. The van der Waals surface area contributed by atoms with Crippen molar-refractivity contribution in [2.45, 2.75) is 19.4 Å². The second-order valence-electron chi connectivity index (χ2n) is 5.57. The number of benzene rings is 1. The van der Waals surface area contributed by atoms with E-state index in [1.807, 2.05) is 18.2 Å². The summed E-state index contributed by atoms with van der Waals surface area (Å²) in [7, 11) is 3.60. The molecule has 1 unspecified atom stereocenters. The van der Waals surface area contributed by atoms with Crippen molar-refractivity contribution in [1.29, 1.82) is 0 Å². The number of likely N-dealkylation sites (tertiary alicyclic amines) is 1. The summed E-state index contributed by atoms with van der Waals surface area (Å²) in [5.74, 6) is 0.558. The molecule has 0 aromatic heterocycles. The van der Waals surface area contributed by atoms with E-state index in [0.717, 1.165) is 24.6 Å². The number of esters is 1. The van der Waals surface area contributed by atoms with E-state index in [1.54, 1.807) is 0 Å². The molecular weight excluding hydrogens is 252 g/mol. The van der Waals surface area contributed by atoms with Gasteiger partial charge >= 0.3 is 5.97 Å². The number of hydrogen-bond donors (Lipinski definition) is 1. The zero-order chi connectivity index (χ0) is 14.4. The molecule has 0 radical (unpaired) electrons. The molecule has 0 saturated carbocycles. The maximum absolute atomic E-state index is 11.4. The third-order valence-electron chi connectivity index (χ3n) is 3.92. The molecule has 110 valence electrons. The molecule has 0 amide bonds. The van der Waals surface area contributed by atoms with Crippen LogP contribution in [0.3, 0.4) is 0 Å². The van der Waals surface area contributed by atoms with Gasteiger partial charge in [0.1, 0.15) is 0 Å². The van der Waals surface area contributed by atoms with Crippen LogP contribution in [0.5, 0.6) is 0 Å². The average Bonchev–Trinajstić information content (AvgIpc) is 2.86. The van der Waals surface area contributed by atoms with E-state index >= 15 is 0 Å². The molecule has 1 N–H and O–H groups in total. The van der Waals surface area contributed by atoms with Crippen molar-refractivity contribution in [3.05, 3.63) is 35.4 Å². The Balaban J connectivity index is 1.84. The lowest BCUT2D eigenvalue weighted by molar-refractivity contribution is -0.139. The van der Waals surface area contributed by atoms with Crippen molar-refractivity contribution in [3.8, 4) is 0 Å². The lowest BCUT2D eigenvalue weighted by Crippen LogP contribution is -2.25. The molecule has 1 heterocycles. The first-order chi connectivity index (χ1) is 9.69. The highest BCUT2D eigenvalue weighted by atomic mass is 16.5. The molecule has 2 rings (SSSR count). The van der Waals surface area contributed by atoms with Crippen molar-refractivity contribution < 1.29 is 9.53 Å². The Labute approximate surface area is 121 Å². The van der Waals surface area contributed by atoms with Crippen LogP contribution >= 0.6 is 0 Å². The minimum atomic E-state index is -0.185. The molecule has 1 aromatic rings. The van der Waals surface area contributed by atoms with E-state index < -0.39 is 0 Å². The van der Waals surface area contributed by atoms with Crippen LogP contribution in [0.15, 0.2) is 24.3 Å². The number of carbonyl (C=O) groups is 1. The van der Waals surface area contributed by atoms with E-state index in [1.165, 1.54) is 32.2 Å². The van der Waals surface area contributed by atoms with Gasteiger partial charge < -0.3 is 15.0 Å². The predicted octanol–water partition coefficient (Wildman–Crippen LogP) is 1.44. The van der Waals surface area contributed by atoms with Gasteiger partial charge in [0.2, 0.25) is 0 Å². The zero-order valence-corrected chi connectivity index (χ0v) is 12.4. The number of methoxy groups -OCH3 is 1. The molecule has 0 aliphatic carbocycles. The third kappa shape index (κ3) is 4.32. The van der Waals surface area contributed by atoms with E-state index in [9.17, 15) is 4.79 Å². The Morgan fingerprint density at radius 1 is 1.40 bits per heavy atom. The normalized spacial score (nSPS) is 19.2. The number of carbonyl (C=O) groups excluding carboxylic acids is 1. The second-order valence-corrected chi connectivity index (χ2v) is 5.57. The summed E-state index contributed by atoms with van der Waals surface area (Å²) in [5.41, 5.74) is 2.24. The summed E-state index contributed by atoms with van der Waals surface area (Å²) in [4.78, 5) is 13.8. The second kappa shape index (κ2) is 7.41. The number of rotatable bonds is 6. The minimum Gasteiger partial charge on any atom is -0.469 e. The van der Waals surface area contributed by atoms with Crippen LogP contribution in [0.25, 0.3) is 0 Å².